The molecule has 0 saturated heterocycles. The van der Waals surface area contributed by atoms with Gasteiger partial charge >= 0.3 is 0 Å². The minimum absolute atomic E-state index is 0.0409. The summed E-state index contributed by atoms with van der Waals surface area (Å²) in [7, 11) is 0. The first-order chi connectivity index (χ1) is 7.34. The maximum atomic E-state index is 14.4. The molecule has 3 heteroatoms. The molecule has 0 saturated carbocycles. The number of nitrogens with zero attached hydrogens (tertiary/aromatic N) is 1. The molecule has 2 nitrogen and oxygen atoms in total. The number of aromatic nitrogens is 1. The van der Waals surface area contributed by atoms with Gasteiger partial charge in [-0.1, -0.05) is 13.8 Å². The molecular weight excluding hydrogens is 205 g/mol. The van der Waals surface area contributed by atoms with Gasteiger partial charge in [0.1, 0.15) is 5.67 Å². The summed E-state index contributed by atoms with van der Waals surface area (Å²) >= 11 is 0. The molecule has 0 radical (unpaired) electrons. The van der Waals surface area contributed by atoms with Crippen molar-refractivity contribution >= 4 is 0 Å². The van der Waals surface area contributed by atoms with E-state index >= 15 is 0 Å². The number of halogens is 1. The third kappa shape index (κ3) is 1.49. The Kier molecular flexibility index (Phi) is 2.44. The summed E-state index contributed by atoms with van der Waals surface area (Å²) in [4.78, 5) is 11.9. The Balaban J connectivity index is 2.80. The van der Waals surface area contributed by atoms with Crippen LogP contribution in [0.1, 0.15) is 49.9 Å². The fraction of sp³-hybridized carbons (Fsp3) is 0.615. The number of aryl methyl sites for hydroxylation is 1. The van der Waals surface area contributed by atoms with Crippen molar-refractivity contribution in [2.75, 3.05) is 0 Å². The first-order valence-electron chi connectivity index (χ1n) is 5.78. The summed E-state index contributed by atoms with van der Waals surface area (Å²) in [6.45, 7) is 7.95. The maximum Gasteiger partial charge on any atom is 0.253 e. The second-order valence-corrected chi connectivity index (χ2v) is 5.19. The van der Waals surface area contributed by atoms with Crippen molar-refractivity contribution in [2.24, 2.45) is 0 Å². The zero-order chi connectivity index (χ0) is 12.1. The van der Waals surface area contributed by atoms with Gasteiger partial charge in [-0.15, -0.1) is 0 Å². The molecule has 1 aromatic rings. The lowest BCUT2D eigenvalue weighted by molar-refractivity contribution is 0.192. The molecule has 1 aromatic heterocycles. The molecule has 0 spiro atoms. The van der Waals surface area contributed by atoms with Crippen LogP contribution < -0.4 is 5.56 Å². The highest BCUT2D eigenvalue weighted by atomic mass is 19.1. The Morgan fingerprint density at radius 2 is 2.12 bits per heavy atom. The van der Waals surface area contributed by atoms with Crippen LogP contribution in [0.25, 0.3) is 0 Å². The zero-order valence-electron chi connectivity index (χ0n) is 10.3. The maximum absolute atomic E-state index is 14.4. The standard InChI is InChI=1S/C13H18FNO/c1-8(2)10-7-9(3)12(16)15-6-5-13(4,14)11(10)15/h7-8H,5-6H2,1-4H3. The molecule has 1 aliphatic heterocycles. The third-order valence-corrected chi connectivity index (χ3v) is 3.42. The third-order valence-electron chi connectivity index (χ3n) is 3.42. The average Bonchev–Trinajstić information content (AvgIpc) is 2.48. The summed E-state index contributed by atoms with van der Waals surface area (Å²) in [5.74, 6) is 0.244. The first kappa shape index (κ1) is 11.4. The number of pyridine rings is 1. The van der Waals surface area contributed by atoms with Crippen LogP contribution in [0, 0.1) is 6.92 Å². The quantitative estimate of drug-likeness (QED) is 0.717. The SMILES string of the molecule is Cc1cc(C(C)C)c2n(c1=O)CCC2(C)F. The van der Waals surface area contributed by atoms with Gasteiger partial charge in [-0.2, -0.15) is 0 Å². The van der Waals surface area contributed by atoms with Crippen molar-refractivity contribution in [3.8, 4) is 0 Å². The predicted octanol–water partition coefficient (Wildman–Crippen LogP) is 2.87. The normalized spacial score (nSPS) is 23.9. The van der Waals surface area contributed by atoms with E-state index in [0.717, 1.165) is 5.56 Å². The predicted molar refractivity (Wildman–Crippen MR) is 62.6 cm³/mol. The Hall–Kier alpha value is -1.12. The second kappa shape index (κ2) is 3.44. The minimum Gasteiger partial charge on any atom is -0.309 e. The van der Waals surface area contributed by atoms with Gasteiger partial charge in [0.2, 0.25) is 0 Å². The monoisotopic (exact) mass is 223 g/mol. The summed E-state index contributed by atoms with van der Waals surface area (Å²) in [6, 6.07) is 1.85. The molecule has 16 heavy (non-hydrogen) atoms. The van der Waals surface area contributed by atoms with Gasteiger partial charge in [-0.3, -0.25) is 4.79 Å². The van der Waals surface area contributed by atoms with Crippen molar-refractivity contribution in [3.05, 3.63) is 33.2 Å². The molecule has 1 unspecified atom stereocenters. The van der Waals surface area contributed by atoms with Crippen molar-refractivity contribution < 1.29 is 4.39 Å². The molecule has 88 valence electrons. The van der Waals surface area contributed by atoms with Gasteiger partial charge < -0.3 is 4.57 Å². The lowest BCUT2D eigenvalue weighted by Crippen LogP contribution is -2.26. The van der Waals surface area contributed by atoms with Gasteiger partial charge in [0.25, 0.3) is 5.56 Å². The lowest BCUT2D eigenvalue weighted by atomic mass is 9.92. The Labute approximate surface area is 95.1 Å². The summed E-state index contributed by atoms with van der Waals surface area (Å²) in [6.07, 6.45) is 0.408. The smallest absolute Gasteiger partial charge is 0.253 e. The molecule has 0 fully saturated rings. The highest BCUT2D eigenvalue weighted by Crippen LogP contribution is 2.39. The van der Waals surface area contributed by atoms with Crippen LogP contribution in [0.2, 0.25) is 0 Å². The molecule has 1 aliphatic rings. The highest BCUT2D eigenvalue weighted by Gasteiger charge is 2.38. The van der Waals surface area contributed by atoms with Crippen molar-refractivity contribution in [1.82, 2.24) is 4.57 Å². The number of rotatable bonds is 1. The number of hydrogen-bond donors (Lipinski definition) is 0. The van der Waals surface area contributed by atoms with Gasteiger partial charge in [0.15, 0.2) is 0 Å². The number of hydrogen-bond acceptors (Lipinski definition) is 1. The Morgan fingerprint density at radius 1 is 1.50 bits per heavy atom. The van der Waals surface area contributed by atoms with Gasteiger partial charge in [-0.05, 0) is 31.4 Å². The average molecular weight is 223 g/mol. The first-order valence-corrected chi connectivity index (χ1v) is 5.78. The van der Waals surface area contributed by atoms with Crippen LogP contribution in [-0.2, 0) is 12.2 Å². The van der Waals surface area contributed by atoms with Gasteiger partial charge in [0, 0.05) is 18.5 Å². The highest BCUT2D eigenvalue weighted by molar-refractivity contribution is 5.34. The fourth-order valence-corrected chi connectivity index (χ4v) is 2.51. The van der Waals surface area contributed by atoms with Crippen molar-refractivity contribution in [2.45, 2.75) is 52.2 Å². The molecule has 1 atom stereocenters. The molecule has 0 aliphatic carbocycles. The van der Waals surface area contributed by atoms with E-state index in [1.807, 2.05) is 19.9 Å². The van der Waals surface area contributed by atoms with Gasteiger partial charge in [0.05, 0.1) is 5.69 Å². The van der Waals surface area contributed by atoms with Crippen LogP contribution in [-0.4, -0.2) is 4.57 Å². The van der Waals surface area contributed by atoms with Crippen LogP contribution in [0.4, 0.5) is 4.39 Å². The summed E-state index contributed by atoms with van der Waals surface area (Å²) in [5.41, 5.74) is 0.885. The molecule has 0 N–H and O–H groups in total. The van der Waals surface area contributed by atoms with E-state index in [4.69, 9.17) is 0 Å². The molecule has 0 bridgehead atoms. The second-order valence-electron chi connectivity index (χ2n) is 5.19. The van der Waals surface area contributed by atoms with Gasteiger partial charge in [-0.25, -0.2) is 4.39 Å². The van der Waals surface area contributed by atoms with E-state index in [0.29, 0.717) is 24.2 Å². The van der Waals surface area contributed by atoms with Crippen molar-refractivity contribution in [3.63, 3.8) is 0 Å². The topological polar surface area (TPSA) is 22.0 Å². The Bertz CT molecular complexity index is 485. The molecule has 0 amide bonds. The minimum atomic E-state index is -1.35. The largest absolute Gasteiger partial charge is 0.309 e. The van der Waals surface area contributed by atoms with Crippen molar-refractivity contribution in [1.29, 1.82) is 0 Å². The van der Waals surface area contributed by atoms with Crippen LogP contribution >= 0.6 is 0 Å². The zero-order valence-corrected chi connectivity index (χ0v) is 10.3. The van der Waals surface area contributed by atoms with Crippen LogP contribution in [0.15, 0.2) is 10.9 Å². The van der Waals surface area contributed by atoms with E-state index in [9.17, 15) is 9.18 Å². The van der Waals surface area contributed by atoms with Crippen LogP contribution in [0.5, 0.6) is 0 Å². The molecular formula is C13H18FNO. The number of alkyl halides is 1. The lowest BCUT2D eigenvalue weighted by Gasteiger charge is -2.20. The van der Waals surface area contributed by atoms with E-state index in [2.05, 4.69) is 0 Å². The molecule has 2 heterocycles. The van der Waals surface area contributed by atoms with E-state index in [1.54, 1.807) is 18.4 Å². The summed E-state index contributed by atoms with van der Waals surface area (Å²) in [5, 5.41) is 0. The van der Waals surface area contributed by atoms with E-state index in [1.165, 1.54) is 0 Å². The Morgan fingerprint density at radius 3 is 2.69 bits per heavy atom. The van der Waals surface area contributed by atoms with E-state index in [-0.39, 0.29) is 11.5 Å². The molecule has 2 rings (SSSR count). The summed E-state index contributed by atoms with van der Waals surface area (Å²) < 4.78 is 16.0. The van der Waals surface area contributed by atoms with Crippen LogP contribution in [0.3, 0.4) is 0 Å². The van der Waals surface area contributed by atoms with E-state index < -0.39 is 5.67 Å². The molecule has 0 aromatic carbocycles. The number of fused-ring (bicyclic) bond motifs is 1. The fourth-order valence-electron chi connectivity index (χ4n) is 2.51.